The van der Waals surface area contributed by atoms with Gasteiger partial charge in [-0.3, -0.25) is 14.4 Å². The van der Waals surface area contributed by atoms with Crippen LogP contribution in [0.4, 0.5) is 0 Å². The minimum Gasteiger partial charge on any atom is -0.459 e. The fraction of sp³-hybridized carbons (Fsp3) is 0.919. The number of hydrogen-bond donors (Lipinski definition) is 5. The standard InChI is InChI=1S/2C8H17NO3.C8H16O2.C7H15NO3.C6H15OP/c1-8(2,3)12-7(10)6(9)5-11-4;1-5(10)6(9)7(11)12-8(2,3)4;1-8(2,3)10-7-4-5-9-6-7;1-7(2,3)11-6(10)5(8)4-9;1-6(2,3)8(4,5)7/h6H,5,9H2,1-4H3;5-6,10H,9H2,1-4H3;7H,4-6H2,1-3H3;5,9H,4,8H2,1-3H3;1-5H3. The number of ether oxygens (including phenoxy) is 6. The van der Waals surface area contributed by atoms with E-state index in [0.717, 1.165) is 19.6 Å². The van der Waals surface area contributed by atoms with E-state index in [9.17, 15) is 18.9 Å². The zero-order valence-corrected chi connectivity index (χ0v) is 37.5. The van der Waals surface area contributed by atoms with Gasteiger partial charge in [0, 0.05) is 18.9 Å². The van der Waals surface area contributed by atoms with Gasteiger partial charge in [-0.2, -0.15) is 0 Å². The summed E-state index contributed by atoms with van der Waals surface area (Å²) in [5.41, 5.74) is 14.4. The van der Waals surface area contributed by atoms with Crippen molar-refractivity contribution in [2.24, 2.45) is 17.2 Å². The molecule has 1 heterocycles. The first-order valence-corrected chi connectivity index (χ1v) is 20.4. The molecule has 1 saturated heterocycles. The van der Waals surface area contributed by atoms with E-state index >= 15 is 0 Å². The van der Waals surface area contributed by atoms with E-state index in [4.69, 9.17) is 55.8 Å². The minimum atomic E-state index is -1.85. The van der Waals surface area contributed by atoms with Crippen LogP contribution in [-0.2, 0) is 47.4 Å². The second-order valence-electron chi connectivity index (χ2n) is 18.0. The van der Waals surface area contributed by atoms with Gasteiger partial charge < -0.3 is 60.4 Å². The molecule has 0 aromatic heterocycles. The number of aliphatic hydroxyl groups is 2. The van der Waals surface area contributed by atoms with E-state index in [-0.39, 0.29) is 24.0 Å². The Balaban J connectivity index is -0.000000285. The van der Waals surface area contributed by atoms with Gasteiger partial charge in [-0.25, -0.2) is 0 Å². The van der Waals surface area contributed by atoms with Crippen LogP contribution in [-0.4, -0.2) is 133 Å². The third kappa shape index (κ3) is 38.4. The summed E-state index contributed by atoms with van der Waals surface area (Å²) in [7, 11) is -0.359. The van der Waals surface area contributed by atoms with Crippen molar-refractivity contribution in [3.8, 4) is 0 Å². The van der Waals surface area contributed by atoms with Crippen molar-refractivity contribution < 1.29 is 57.6 Å². The van der Waals surface area contributed by atoms with E-state index in [1.807, 2.05) is 34.1 Å². The van der Waals surface area contributed by atoms with Crippen LogP contribution in [0, 0.1) is 0 Å². The molecule has 0 aromatic carbocycles. The minimum absolute atomic E-state index is 0.00694. The Labute approximate surface area is 321 Å². The lowest BCUT2D eigenvalue weighted by Crippen LogP contribution is -2.44. The number of nitrogens with two attached hydrogens (primary N) is 3. The highest BCUT2D eigenvalue weighted by Crippen LogP contribution is 2.50. The van der Waals surface area contributed by atoms with Gasteiger partial charge in [0.05, 0.1) is 44.8 Å². The maximum absolute atomic E-state index is 11.2. The van der Waals surface area contributed by atoms with Crippen LogP contribution >= 0.6 is 7.14 Å². The Bertz CT molecular complexity index is 1060. The van der Waals surface area contributed by atoms with Gasteiger partial charge in [-0.15, -0.1) is 0 Å². The molecule has 53 heavy (non-hydrogen) atoms. The third-order valence-corrected chi connectivity index (χ3v) is 9.42. The highest BCUT2D eigenvalue weighted by molar-refractivity contribution is 7.63. The highest BCUT2D eigenvalue weighted by atomic mass is 31.2. The summed E-state index contributed by atoms with van der Waals surface area (Å²) >= 11 is 0. The Morgan fingerprint density at radius 2 is 1.09 bits per heavy atom. The Hall–Kier alpha value is -1.68. The molecular formula is C37H80N3O12P. The molecule has 320 valence electrons. The molecule has 5 unspecified atom stereocenters. The second kappa shape index (κ2) is 25.5. The van der Waals surface area contributed by atoms with E-state index in [0.29, 0.717) is 6.10 Å². The lowest BCUT2D eigenvalue weighted by molar-refractivity contribution is -0.159. The molecule has 0 saturated carbocycles. The molecule has 5 atom stereocenters. The average molecular weight is 790 g/mol. The van der Waals surface area contributed by atoms with Gasteiger partial charge in [0.25, 0.3) is 0 Å². The van der Waals surface area contributed by atoms with E-state index in [2.05, 4.69) is 20.8 Å². The summed E-state index contributed by atoms with van der Waals surface area (Å²) in [4.78, 5) is 33.1. The van der Waals surface area contributed by atoms with Crippen LogP contribution in [0.3, 0.4) is 0 Å². The number of aliphatic hydroxyl groups excluding tert-OH is 2. The normalized spacial score (nSPS) is 17.2. The topological polar surface area (TPSA) is 242 Å². The predicted molar refractivity (Wildman–Crippen MR) is 211 cm³/mol. The number of methoxy groups -OCH3 is 1. The molecule has 16 heteroatoms. The SMILES string of the molecule is CC(C)(C)OC(=O)C(N)CO.CC(C)(C)OC1CCOC1.CC(C)(C)P(C)(C)=O.CC(O)C(N)C(=O)OC(C)(C)C.COCC(N)C(=O)OC(C)(C)C. The molecule has 1 aliphatic rings. The number of rotatable bonds is 8. The number of hydrogen-bond acceptors (Lipinski definition) is 15. The summed E-state index contributed by atoms with van der Waals surface area (Å²) in [5, 5.41) is 17.4. The van der Waals surface area contributed by atoms with Crippen LogP contribution in [0.1, 0.15) is 117 Å². The lowest BCUT2D eigenvalue weighted by atomic mass is 10.1. The summed E-state index contributed by atoms with van der Waals surface area (Å²) in [6.45, 7) is 34.7. The smallest absolute Gasteiger partial charge is 0.326 e. The lowest BCUT2D eigenvalue weighted by Gasteiger charge is -2.23. The fourth-order valence-electron chi connectivity index (χ4n) is 2.75. The highest BCUT2D eigenvalue weighted by Gasteiger charge is 2.27. The molecule has 0 radical (unpaired) electrons. The maximum atomic E-state index is 11.2. The molecule has 0 aliphatic carbocycles. The maximum Gasteiger partial charge on any atom is 0.326 e. The molecule has 0 bridgehead atoms. The summed E-state index contributed by atoms with van der Waals surface area (Å²) < 4.78 is 41.6. The zero-order valence-electron chi connectivity index (χ0n) is 36.6. The van der Waals surface area contributed by atoms with Gasteiger partial charge in [0.2, 0.25) is 0 Å². The van der Waals surface area contributed by atoms with Crippen molar-refractivity contribution in [2.45, 2.75) is 175 Å². The third-order valence-electron chi connectivity index (χ3n) is 6.18. The second-order valence-corrected chi connectivity index (χ2v) is 22.0. The largest absolute Gasteiger partial charge is 0.459 e. The van der Waals surface area contributed by atoms with Gasteiger partial charge in [-0.05, 0) is 110 Å². The summed E-state index contributed by atoms with van der Waals surface area (Å²) in [6, 6.07) is -2.56. The quantitative estimate of drug-likeness (QED) is 0.133. The van der Waals surface area contributed by atoms with Gasteiger partial charge in [-0.1, -0.05) is 20.8 Å². The molecule has 8 N–H and O–H groups in total. The van der Waals surface area contributed by atoms with Gasteiger partial charge >= 0.3 is 17.9 Å². The number of carbonyl (C=O) groups is 3. The van der Waals surface area contributed by atoms with Crippen LogP contribution in [0.5, 0.6) is 0 Å². The van der Waals surface area contributed by atoms with Gasteiger partial charge in [0.15, 0.2) is 0 Å². The molecule has 15 nitrogen and oxygen atoms in total. The molecule has 0 amide bonds. The first-order chi connectivity index (χ1) is 23.3. The van der Waals surface area contributed by atoms with Crippen LogP contribution < -0.4 is 17.2 Å². The van der Waals surface area contributed by atoms with Crippen molar-refractivity contribution in [3.63, 3.8) is 0 Å². The van der Waals surface area contributed by atoms with Crippen LogP contribution in [0.15, 0.2) is 0 Å². The number of esters is 3. The first-order valence-electron chi connectivity index (χ1n) is 17.8. The summed E-state index contributed by atoms with van der Waals surface area (Å²) in [6.07, 6.45) is 0.511. The van der Waals surface area contributed by atoms with E-state index in [1.54, 1.807) is 62.3 Å². The molecule has 1 rings (SSSR count). The Morgan fingerprint density at radius 3 is 1.34 bits per heavy atom. The predicted octanol–water partition coefficient (Wildman–Crippen LogP) is 3.98. The first kappa shape index (κ1) is 58.0. The number of carbonyl (C=O) groups excluding carboxylic acids is 3. The van der Waals surface area contributed by atoms with E-state index < -0.39 is 66.1 Å². The van der Waals surface area contributed by atoms with Gasteiger partial charge in [0.1, 0.15) is 34.9 Å². The molecule has 0 aromatic rings. The van der Waals surface area contributed by atoms with Crippen LogP contribution in [0.2, 0.25) is 0 Å². The molecule has 1 aliphatic heterocycles. The van der Waals surface area contributed by atoms with Crippen LogP contribution in [0.25, 0.3) is 0 Å². The molecular weight excluding hydrogens is 709 g/mol. The zero-order chi connectivity index (χ0) is 43.4. The van der Waals surface area contributed by atoms with Crippen molar-refractivity contribution in [2.75, 3.05) is 46.9 Å². The Morgan fingerprint density at radius 1 is 0.736 bits per heavy atom. The van der Waals surface area contributed by atoms with Crippen molar-refractivity contribution >= 4 is 25.0 Å². The fourth-order valence-corrected chi connectivity index (χ4v) is 2.75. The van der Waals surface area contributed by atoms with Crippen molar-refractivity contribution in [3.05, 3.63) is 0 Å². The molecule has 0 spiro atoms. The van der Waals surface area contributed by atoms with Crippen molar-refractivity contribution in [1.82, 2.24) is 0 Å². The molecule has 1 fully saturated rings. The van der Waals surface area contributed by atoms with Crippen molar-refractivity contribution in [1.29, 1.82) is 0 Å². The summed E-state index contributed by atoms with van der Waals surface area (Å²) in [5.74, 6) is -1.57. The Kier molecular flexibility index (Phi) is 27.9. The monoisotopic (exact) mass is 790 g/mol. The van der Waals surface area contributed by atoms with E-state index in [1.165, 1.54) is 14.0 Å². The average Bonchev–Trinajstić information content (AvgIpc) is 3.41.